The Morgan fingerprint density at radius 3 is 2.67 bits per heavy atom. The molecule has 0 saturated carbocycles. The number of rotatable bonds is 4. The highest BCUT2D eigenvalue weighted by atomic mass is 32.1. The van der Waals surface area contributed by atoms with Crippen LogP contribution < -0.4 is 15.2 Å². The number of thiazole rings is 1. The first-order chi connectivity index (χ1) is 8.65. The second-order valence-corrected chi connectivity index (χ2v) is 4.33. The van der Waals surface area contributed by atoms with Crippen molar-refractivity contribution in [3.05, 3.63) is 28.6 Å². The highest BCUT2D eigenvalue weighted by molar-refractivity contribution is 7.12. The number of primary amides is 1. The van der Waals surface area contributed by atoms with E-state index in [-0.39, 0.29) is 5.01 Å². The molecule has 6 heteroatoms. The van der Waals surface area contributed by atoms with Crippen LogP contribution in [0, 0.1) is 0 Å². The van der Waals surface area contributed by atoms with Gasteiger partial charge in [-0.25, -0.2) is 4.98 Å². The Morgan fingerprint density at radius 1 is 1.33 bits per heavy atom. The first kappa shape index (κ1) is 12.4. The Kier molecular flexibility index (Phi) is 3.47. The summed E-state index contributed by atoms with van der Waals surface area (Å²) in [7, 11) is 3.16. The van der Waals surface area contributed by atoms with Crippen LogP contribution in [-0.4, -0.2) is 25.1 Å². The van der Waals surface area contributed by atoms with Gasteiger partial charge in [-0.3, -0.25) is 4.79 Å². The number of hydrogen-bond donors (Lipinski definition) is 1. The molecule has 0 bridgehead atoms. The van der Waals surface area contributed by atoms with E-state index >= 15 is 0 Å². The van der Waals surface area contributed by atoms with Crippen LogP contribution in [0.4, 0.5) is 0 Å². The third-order valence-electron chi connectivity index (χ3n) is 2.40. The molecule has 1 amide bonds. The number of aromatic nitrogens is 1. The van der Waals surface area contributed by atoms with Crippen LogP contribution in [0.25, 0.3) is 11.3 Å². The summed E-state index contributed by atoms with van der Waals surface area (Å²) in [5, 5.41) is 2.03. The maximum Gasteiger partial charge on any atom is 0.277 e. The SMILES string of the molecule is COc1ccc(OC)c(-c2csc(C(N)=O)n2)c1. The highest BCUT2D eigenvalue weighted by Crippen LogP contribution is 2.33. The minimum Gasteiger partial charge on any atom is -0.497 e. The summed E-state index contributed by atoms with van der Waals surface area (Å²) in [5.74, 6) is 0.824. The van der Waals surface area contributed by atoms with Crippen LogP contribution in [0.3, 0.4) is 0 Å². The fourth-order valence-electron chi connectivity index (χ4n) is 1.52. The lowest BCUT2D eigenvalue weighted by Crippen LogP contribution is -2.10. The van der Waals surface area contributed by atoms with Crippen molar-refractivity contribution in [2.24, 2.45) is 5.73 Å². The van der Waals surface area contributed by atoms with Gasteiger partial charge in [-0.1, -0.05) is 0 Å². The summed E-state index contributed by atoms with van der Waals surface area (Å²) in [4.78, 5) is 15.2. The fraction of sp³-hybridized carbons (Fsp3) is 0.167. The zero-order valence-corrected chi connectivity index (χ0v) is 10.8. The quantitative estimate of drug-likeness (QED) is 0.915. The van der Waals surface area contributed by atoms with Crippen LogP contribution in [0.1, 0.15) is 9.80 Å². The maximum absolute atomic E-state index is 11.0. The average Bonchev–Trinajstić information content (AvgIpc) is 2.87. The van der Waals surface area contributed by atoms with E-state index in [0.717, 1.165) is 5.56 Å². The van der Waals surface area contributed by atoms with Gasteiger partial charge in [0.25, 0.3) is 5.91 Å². The molecule has 2 rings (SSSR count). The van der Waals surface area contributed by atoms with E-state index in [1.54, 1.807) is 37.8 Å². The zero-order valence-electron chi connectivity index (χ0n) is 9.97. The van der Waals surface area contributed by atoms with Gasteiger partial charge in [0.1, 0.15) is 11.5 Å². The molecule has 1 heterocycles. The summed E-state index contributed by atoms with van der Waals surface area (Å²) in [5.41, 5.74) is 6.59. The maximum atomic E-state index is 11.0. The molecule has 0 spiro atoms. The second kappa shape index (κ2) is 5.05. The fourth-order valence-corrected chi connectivity index (χ4v) is 2.19. The number of methoxy groups -OCH3 is 2. The van der Waals surface area contributed by atoms with Gasteiger partial charge >= 0.3 is 0 Å². The van der Waals surface area contributed by atoms with Crippen molar-refractivity contribution in [3.8, 4) is 22.8 Å². The van der Waals surface area contributed by atoms with Gasteiger partial charge < -0.3 is 15.2 Å². The standard InChI is InChI=1S/C12H12N2O3S/c1-16-7-3-4-10(17-2)8(5-7)9-6-18-12(14-9)11(13)15/h3-6H,1-2H3,(H2,13,15). The Labute approximate surface area is 108 Å². The predicted molar refractivity (Wildman–Crippen MR) is 69.2 cm³/mol. The molecule has 0 aliphatic carbocycles. The van der Waals surface area contributed by atoms with E-state index in [2.05, 4.69) is 4.98 Å². The second-order valence-electron chi connectivity index (χ2n) is 3.47. The van der Waals surface area contributed by atoms with E-state index in [9.17, 15) is 4.79 Å². The molecule has 1 aromatic heterocycles. The largest absolute Gasteiger partial charge is 0.497 e. The molecular formula is C12H12N2O3S. The van der Waals surface area contributed by atoms with Crippen LogP contribution in [0.15, 0.2) is 23.6 Å². The summed E-state index contributed by atoms with van der Waals surface area (Å²) in [6, 6.07) is 5.39. The van der Waals surface area contributed by atoms with E-state index in [1.165, 1.54) is 11.3 Å². The van der Waals surface area contributed by atoms with Crippen molar-refractivity contribution in [1.29, 1.82) is 0 Å². The van der Waals surface area contributed by atoms with E-state index in [0.29, 0.717) is 17.2 Å². The van der Waals surface area contributed by atoms with Crippen molar-refractivity contribution in [2.75, 3.05) is 14.2 Å². The van der Waals surface area contributed by atoms with Gasteiger partial charge in [-0.2, -0.15) is 0 Å². The number of nitrogens with two attached hydrogens (primary N) is 1. The van der Waals surface area contributed by atoms with Gasteiger partial charge in [0.05, 0.1) is 19.9 Å². The Bertz CT molecular complexity index is 580. The summed E-state index contributed by atoms with van der Waals surface area (Å²) < 4.78 is 10.4. The number of amides is 1. The number of carbonyl (C=O) groups excluding carboxylic acids is 1. The van der Waals surface area contributed by atoms with E-state index in [4.69, 9.17) is 15.2 Å². The summed E-state index contributed by atoms with van der Waals surface area (Å²) >= 11 is 1.20. The molecule has 18 heavy (non-hydrogen) atoms. The Morgan fingerprint density at radius 2 is 2.11 bits per heavy atom. The predicted octanol–water partition coefficient (Wildman–Crippen LogP) is 1.93. The first-order valence-electron chi connectivity index (χ1n) is 5.13. The normalized spacial score (nSPS) is 10.1. The minimum absolute atomic E-state index is 0.273. The topological polar surface area (TPSA) is 74.4 Å². The zero-order chi connectivity index (χ0) is 13.1. The number of ether oxygens (including phenoxy) is 2. The van der Waals surface area contributed by atoms with Gasteiger partial charge in [0.15, 0.2) is 5.01 Å². The average molecular weight is 264 g/mol. The molecule has 1 aromatic carbocycles. The molecule has 2 aromatic rings. The lowest BCUT2D eigenvalue weighted by Gasteiger charge is -2.08. The van der Waals surface area contributed by atoms with Crippen molar-refractivity contribution in [2.45, 2.75) is 0 Å². The third kappa shape index (κ3) is 2.28. The molecule has 0 saturated heterocycles. The summed E-state index contributed by atoms with van der Waals surface area (Å²) in [6.45, 7) is 0. The molecule has 94 valence electrons. The third-order valence-corrected chi connectivity index (χ3v) is 3.25. The smallest absolute Gasteiger partial charge is 0.277 e. The molecule has 0 aliphatic rings. The number of hydrogen-bond acceptors (Lipinski definition) is 5. The number of carbonyl (C=O) groups is 1. The van der Waals surface area contributed by atoms with Crippen molar-refractivity contribution >= 4 is 17.2 Å². The van der Waals surface area contributed by atoms with Crippen molar-refractivity contribution in [1.82, 2.24) is 4.98 Å². The number of benzene rings is 1. The Hall–Kier alpha value is -2.08. The van der Waals surface area contributed by atoms with Crippen molar-refractivity contribution in [3.63, 3.8) is 0 Å². The molecule has 5 nitrogen and oxygen atoms in total. The number of nitrogens with zero attached hydrogens (tertiary/aromatic N) is 1. The summed E-state index contributed by atoms with van der Waals surface area (Å²) in [6.07, 6.45) is 0. The lowest BCUT2D eigenvalue weighted by atomic mass is 10.1. The van der Waals surface area contributed by atoms with Crippen molar-refractivity contribution < 1.29 is 14.3 Å². The Balaban J connectivity index is 2.50. The van der Waals surface area contributed by atoms with Crippen LogP contribution in [0.2, 0.25) is 0 Å². The minimum atomic E-state index is -0.534. The van der Waals surface area contributed by atoms with Crippen LogP contribution in [0.5, 0.6) is 11.5 Å². The molecule has 0 unspecified atom stereocenters. The van der Waals surface area contributed by atoms with E-state index < -0.39 is 5.91 Å². The molecule has 0 fully saturated rings. The van der Waals surface area contributed by atoms with E-state index in [1.807, 2.05) is 0 Å². The van der Waals surface area contributed by atoms with Gasteiger partial charge in [0.2, 0.25) is 0 Å². The molecule has 2 N–H and O–H groups in total. The molecule has 0 radical (unpaired) electrons. The van der Waals surface area contributed by atoms with Crippen LogP contribution in [-0.2, 0) is 0 Å². The van der Waals surface area contributed by atoms with Gasteiger partial charge in [-0.15, -0.1) is 11.3 Å². The molecule has 0 atom stereocenters. The van der Waals surface area contributed by atoms with Crippen LogP contribution >= 0.6 is 11.3 Å². The van der Waals surface area contributed by atoms with Gasteiger partial charge in [0, 0.05) is 10.9 Å². The molecular weight excluding hydrogens is 252 g/mol. The monoisotopic (exact) mass is 264 g/mol. The van der Waals surface area contributed by atoms with Gasteiger partial charge in [-0.05, 0) is 18.2 Å². The first-order valence-corrected chi connectivity index (χ1v) is 6.01. The lowest BCUT2D eigenvalue weighted by molar-refractivity contribution is 0.1000. The highest BCUT2D eigenvalue weighted by Gasteiger charge is 2.13. The molecule has 0 aliphatic heterocycles.